The number of benzene rings is 2. The Kier molecular flexibility index (Phi) is 4.58. The van der Waals surface area contributed by atoms with Gasteiger partial charge in [0.15, 0.2) is 11.6 Å². The maximum Gasteiger partial charge on any atom is 0.164 e. The fourth-order valence-electron chi connectivity index (χ4n) is 1.93. The van der Waals surface area contributed by atoms with Crippen LogP contribution in [0.15, 0.2) is 42.5 Å². The molecule has 0 aromatic heterocycles. The van der Waals surface area contributed by atoms with Crippen molar-refractivity contribution >= 4 is 0 Å². The molecule has 2 aromatic rings. The van der Waals surface area contributed by atoms with E-state index in [9.17, 15) is 9.50 Å². The standard InChI is InChI=1S/C16H18FNO2/c1-11(13-5-8-15(17)16(19)9-13)18-10-12-3-6-14(20-2)7-4-12/h3-9,11,18-19H,10H2,1-2H3. The van der Waals surface area contributed by atoms with Gasteiger partial charge in [0.05, 0.1) is 7.11 Å². The lowest BCUT2D eigenvalue weighted by Crippen LogP contribution is -2.18. The van der Waals surface area contributed by atoms with Crippen molar-refractivity contribution in [3.63, 3.8) is 0 Å². The zero-order valence-electron chi connectivity index (χ0n) is 11.6. The third-order valence-corrected chi connectivity index (χ3v) is 3.24. The van der Waals surface area contributed by atoms with Crippen LogP contribution in [-0.4, -0.2) is 12.2 Å². The van der Waals surface area contributed by atoms with Gasteiger partial charge >= 0.3 is 0 Å². The topological polar surface area (TPSA) is 41.5 Å². The maximum atomic E-state index is 13.0. The lowest BCUT2D eigenvalue weighted by Gasteiger charge is -2.15. The van der Waals surface area contributed by atoms with Crippen LogP contribution < -0.4 is 10.1 Å². The second kappa shape index (κ2) is 6.39. The number of methoxy groups -OCH3 is 1. The molecule has 0 aliphatic rings. The smallest absolute Gasteiger partial charge is 0.164 e. The molecule has 0 saturated heterocycles. The Balaban J connectivity index is 1.96. The number of phenolic OH excluding ortho intramolecular Hbond substituents is 1. The number of halogens is 1. The largest absolute Gasteiger partial charge is 0.505 e. The van der Waals surface area contributed by atoms with E-state index in [1.807, 2.05) is 31.2 Å². The first-order valence-electron chi connectivity index (χ1n) is 6.45. The van der Waals surface area contributed by atoms with Crippen LogP contribution in [0.4, 0.5) is 4.39 Å². The van der Waals surface area contributed by atoms with E-state index in [0.717, 1.165) is 16.9 Å². The predicted octanol–water partition coefficient (Wildman–Crippen LogP) is 3.39. The highest BCUT2D eigenvalue weighted by molar-refractivity contribution is 5.31. The summed E-state index contributed by atoms with van der Waals surface area (Å²) in [6.07, 6.45) is 0. The van der Waals surface area contributed by atoms with Crippen LogP contribution in [0.5, 0.6) is 11.5 Å². The van der Waals surface area contributed by atoms with Crippen LogP contribution >= 0.6 is 0 Å². The normalized spacial score (nSPS) is 12.2. The first kappa shape index (κ1) is 14.3. The number of ether oxygens (including phenoxy) is 1. The molecule has 0 heterocycles. The molecule has 0 amide bonds. The Hall–Kier alpha value is -2.07. The van der Waals surface area contributed by atoms with Crippen LogP contribution in [-0.2, 0) is 6.54 Å². The van der Waals surface area contributed by atoms with Gasteiger partial charge < -0.3 is 15.2 Å². The highest BCUT2D eigenvalue weighted by Crippen LogP contribution is 2.21. The van der Waals surface area contributed by atoms with Crippen molar-refractivity contribution in [2.45, 2.75) is 19.5 Å². The van der Waals surface area contributed by atoms with E-state index in [4.69, 9.17) is 4.74 Å². The van der Waals surface area contributed by atoms with Gasteiger partial charge in [0.1, 0.15) is 5.75 Å². The zero-order chi connectivity index (χ0) is 14.5. The Labute approximate surface area is 118 Å². The Morgan fingerprint density at radius 1 is 1.20 bits per heavy atom. The molecule has 0 bridgehead atoms. The average Bonchev–Trinajstić information content (AvgIpc) is 2.48. The molecule has 2 aromatic carbocycles. The molecular weight excluding hydrogens is 257 g/mol. The van der Waals surface area contributed by atoms with Crippen molar-refractivity contribution in [1.82, 2.24) is 5.32 Å². The Bertz CT molecular complexity index is 569. The quantitative estimate of drug-likeness (QED) is 0.879. The summed E-state index contributed by atoms with van der Waals surface area (Å²) >= 11 is 0. The fraction of sp³-hybridized carbons (Fsp3) is 0.250. The molecule has 4 heteroatoms. The molecule has 1 unspecified atom stereocenters. The number of phenols is 1. The summed E-state index contributed by atoms with van der Waals surface area (Å²) in [6.45, 7) is 2.65. The van der Waals surface area contributed by atoms with Gasteiger partial charge in [-0.3, -0.25) is 0 Å². The third kappa shape index (κ3) is 3.48. The Morgan fingerprint density at radius 2 is 1.90 bits per heavy atom. The summed E-state index contributed by atoms with van der Waals surface area (Å²) < 4.78 is 18.1. The first-order chi connectivity index (χ1) is 9.60. The van der Waals surface area contributed by atoms with E-state index in [1.54, 1.807) is 13.2 Å². The van der Waals surface area contributed by atoms with Gasteiger partial charge in [-0.2, -0.15) is 0 Å². The summed E-state index contributed by atoms with van der Waals surface area (Å²) in [4.78, 5) is 0. The van der Waals surface area contributed by atoms with E-state index in [-0.39, 0.29) is 11.8 Å². The molecule has 2 N–H and O–H groups in total. The van der Waals surface area contributed by atoms with E-state index >= 15 is 0 Å². The van der Waals surface area contributed by atoms with Crippen LogP contribution in [0.2, 0.25) is 0 Å². The van der Waals surface area contributed by atoms with Crippen LogP contribution in [0.3, 0.4) is 0 Å². The monoisotopic (exact) mass is 275 g/mol. The van der Waals surface area contributed by atoms with Crippen molar-refractivity contribution in [3.8, 4) is 11.5 Å². The van der Waals surface area contributed by atoms with Crippen LogP contribution in [0, 0.1) is 5.82 Å². The first-order valence-corrected chi connectivity index (χ1v) is 6.45. The molecule has 3 nitrogen and oxygen atoms in total. The molecule has 20 heavy (non-hydrogen) atoms. The molecule has 0 saturated carbocycles. The summed E-state index contributed by atoms with van der Waals surface area (Å²) in [7, 11) is 1.64. The minimum absolute atomic E-state index is 0.0172. The van der Waals surface area contributed by atoms with Crippen molar-refractivity contribution in [1.29, 1.82) is 0 Å². The van der Waals surface area contributed by atoms with Crippen molar-refractivity contribution in [2.75, 3.05) is 7.11 Å². The molecular formula is C16H18FNO2. The van der Waals surface area contributed by atoms with Crippen molar-refractivity contribution in [3.05, 3.63) is 59.4 Å². The lowest BCUT2D eigenvalue weighted by molar-refractivity contribution is 0.414. The van der Waals surface area contributed by atoms with Gasteiger partial charge in [0.25, 0.3) is 0 Å². The minimum Gasteiger partial charge on any atom is -0.505 e. The van der Waals surface area contributed by atoms with E-state index in [2.05, 4.69) is 5.32 Å². The molecule has 0 aliphatic heterocycles. The van der Waals surface area contributed by atoms with Gasteiger partial charge in [-0.05, 0) is 42.3 Å². The van der Waals surface area contributed by atoms with E-state index < -0.39 is 5.82 Å². The number of hydrogen-bond acceptors (Lipinski definition) is 3. The van der Waals surface area contributed by atoms with Crippen molar-refractivity contribution in [2.24, 2.45) is 0 Å². The maximum absolute atomic E-state index is 13.0. The zero-order valence-corrected chi connectivity index (χ0v) is 11.6. The molecule has 0 radical (unpaired) electrons. The SMILES string of the molecule is COc1ccc(CNC(C)c2ccc(F)c(O)c2)cc1. The molecule has 106 valence electrons. The lowest BCUT2D eigenvalue weighted by atomic mass is 10.1. The molecule has 0 fully saturated rings. The van der Waals surface area contributed by atoms with Gasteiger partial charge in [-0.25, -0.2) is 4.39 Å². The molecule has 0 aliphatic carbocycles. The Morgan fingerprint density at radius 3 is 2.50 bits per heavy atom. The molecule has 2 rings (SSSR count). The number of nitrogens with one attached hydrogen (secondary N) is 1. The highest BCUT2D eigenvalue weighted by Gasteiger charge is 2.08. The summed E-state index contributed by atoms with van der Waals surface area (Å²) in [6, 6.07) is 12.2. The average molecular weight is 275 g/mol. The third-order valence-electron chi connectivity index (χ3n) is 3.24. The number of rotatable bonds is 5. The second-order valence-electron chi connectivity index (χ2n) is 4.66. The minimum atomic E-state index is -0.601. The van der Waals surface area contributed by atoms with Gasteiger partial charge in [-0.1, -0.05) is 18.2 Å². The van der Waals surface area contributed by atoms with Gasteiger partial charge in [0, 0.05) is 12.6 Å². The van der Waals surface area contributed by atoms with Crippen molar-refractivity contribution < 1.29 is 14.2 Å². The van der Waals surface area contributed by atoms with Crippen LogP contribution in [0.1, 0.15) is 24.1 Å². The molecule has 1 atom stereocenters. The van der Waals surface area contributed by atoms with E-state index in [1.165, 1.54) is 12.1 Å². The molecule has 0 spiro atoms. The number of aromatic hydroxyl groups is 1. The van der Waals surface area contributed by atoms with Gasteiger partial charge in [0.2, 0.25) is 0 Å². The highest BCUT2D eigenvalue weighted by atomic mass is 19.1. The predicted molar refractivity (Wildman–Crippen MR) is 76.3 cm³/mol. The fourth-order valence-corrected chi connectivity index (χ4v) is 1.93. The second-order valence-corrected chi connectivity index (χ2v) is 4.66. The summed E-state index contributed by atoms with van der Waals surface area (Å²) in [5, 5.41) is 12.7. The van der Waals surface area contributed by atoms with E-state index in [0.29, 0.717) is 6.54 Å². The summed E-state index contributed by atoms with van der Waals surface area (Å²) in [5.41, 5.74) is 1.97. The van der Waals surface area contributed by atoms with Gasteiger partial charge in [-0.15, -0.1) is 0 Å². The number of hydrogen-bond donors (Lipinski definition) is 2. The van der Waals surface area contributed by atoms with Crippen LogP contribution in [0.25, 0.3) is 0 Å². The summed E-state index contributed by atoms with van der Waals surface area (Å²) in [5.74, 6) is -0.0954.